The Labute approximate surface area is 95.4 Å². The number of hydrogen-bond donors (Lipinski definition) is 1. The van der Waals surface area contributed by atoms with Crippen molar-refractivity contribution in [3.63, 3.8) is 0 Å². The Morgan fingerprint density at radius 3 is 2.65 bits per heavy atom. The third-order valence-electron chi connectivity index (χ3n) is 1.77. The molecule has 0 fully saturated rings. The van der Waals surface area contributed by atoms with Crippen LogP contribution in [-0.4, -0.2) is 4.92 Å². The van der Waals surface area contributed by atoms with E-state index in [4.69, 9.17) is 10.5 Å². The van der Waals surface area contributed by atoms with Crippen LogP contribution in [0, 0.1) is 38.6 Å². The maximum Gasteiger partial charge on any atom is 0.292 e. The van der Waals surface area contributed by atoms with Gasteiger partial charge in [0.25, 0.3) is 5.69 Å². The molecule has 1 aromatic carbocycles. The number of rotatable bonds is 3. The molecule has 0 unspecified atom stereocenters. The summed E-state index contributed by atoms with van der Waals surface area (Å²) in [5.74, 6) is -0.665. The Morgan fingerprint density at radius 2 is 2.12 bits per heavy atom. The molecule has 0 aliphatic heterocycles. The lowest BCUT2D eigenvalue weighted by Gasteiger charge is -2.02. The molecule has 6 nitrogen and oxygen atoms in total. The van der Waals surface area contributed by atoms with Gasteiger partial charge in [-0.25, -0.2) is 4.39 Å². The van der Waals surface area contributed by atoms with Crippen molar-refractivity contribution in [3.8, 4) is 12.1 Å². The molecule has 1 rings (SSSR count). The molecule has 0 spiro atoms. The van der Waals surface area contributed by atoms with Crippen molar-refractivity contribution >= 4 is 11.4 Å². The van der Waals surface area contributed by atoms with E-state index in [1.807, 2.05) is 0 Å². The first-order valence-corrected chi connectivity index (χ1v) is 4.29. The SMILES string of the molecule is N#CC(C#N)=CNc1cc(F)ccc1[N+](=O)[O-]. The summed E-state index contributed by atoms with van der Waals surface area (Å²) in [6.45, 7) is 0. The highest BCUT2D eigenvalue weighted by molar-refractivity contribution is 5.63. The molecule has 0 aliphatic carbocycles. The quantitative estimate of drug-likeness (QED) is 0.488. The smallest absolute Gasteiger partial charge is 0.292 e. The van der Waals surface area contributed by atoms with Gasteiger partial charge in [0.1, 0.15) is 29.2 Å². The zero-order valence-corrected chi connectivity index (χ0v) is 8.35. The highest BCUT2D eigenvalue weighted by Gasteiger charge is 2.13. The second-order valence-electron chi connectivity index (χ2n) is 2.84. The second kappa shape index (κ2) is 5.24. The van der Waals surface area contributed by atoms with Crippen molar-refractivity contribution in [2.45, 2.75) is 0 Å². The van der Waals surface area contributed by atoms with Crippen LogP contribution in [0.2, 0.25) is 0 Å². The van der Waals surface area contributed by atoms with E-state index in [0.717, 1.165) is 24.4 Å². The highest BCUT2D eigenvalue weighted by atomic mass is 19.1. The Kier molecular flexibility index (Phi) is 3.74. The maximum absolute atomic E-state index is 12.9. The number of hydrogen-bond acceptors (Lipinski definition) is 5. The first-order valence-electron chi connectivity index (χ1n) is 4.29. The minimum atomic E-state index is -0.700. The van der Waals surface area contributed by atoms with E-state index in [-0.39, 0.29) is 16.9 Å². The molecule has 0 heterocycles. The zero-order valence-electron chi connectivity index (χ0n) is 8.35. The number of allylic oxidation sites excluding steroid dienone is 1. The van der Waals surface area contributed by atoms with Gasteiger partial charge in [0.2, 0.25) is 0 Å². The predicted molar refractivity (Wildman–Crippen MR) is 56.0 cm³/mol. The lowest BCUT2D eigenvalue weighted by atomic mass is 10.2. The number of nitro groups is 1. The minimum absolute atomic E-state index is 0.127. The van der Waals surface area contributed by atoms with Gasteiger partial charge in [-0.1, -0.05) is 0 Å². The van der Waals surface area contributed by atoms with Crippen molar-refractivity contribution in [2.24, 2.45) is 0 Å². The van der Waals surface area contributed by atoms with E-state index in [2.05, 4.69) is 5.32 Å². The molecule has 84 valence electrons. The van der Waals surface area contributed by atoms with E-state index in [1.165, 1.54) is 0 Å². The van der Waals surface area contributed by atoms with Crippen LogP contribution in [0.1, 0.15) is 0 Å². The van der Waals surface area contributed by atoms with E-state index >= 15 is 0 Å². The van der Waals surface area contributed by atoms with Gasteiger partial charge in [-0.15, -0.1) is 0 Å². The summed E-state index contributed by atoms with van der Waals surface area (Å²) < 4.78 is 12.9. The van der Waals surface area contributed by atoms with Crippen LogP contribution in [0.5, 0.6) is 0 Å². The Bertz CT molecular complexity index is 553. The average molecular weight is 232 g/mol. The fourth-order valence-corrected chi connectivity index (χ4v) is 1.02. The molecule has 0 saturated heterocycles. The molecule has 1 aromatic rings. The van der Waals surface area contributed by atoms with Gasteiger partial charge < -0.3 is 5.32 Å². The first kappa shape index (κ1) is 12.1. The van der Waals surface area contributed by atoms with Gasteiger partial charge in [-0.05, 0) is 6.07 Å². The number of nitrogens with one attached hydrogen (secondary N) is 1. The summed E-state index contributed by atoms with van der Waals surface area (Å²) in [6, 6.07) is 5.96. The zero-order chi connectivity index (χ0) is 12.8. The Hall–Kier alpha value is -2.93. The summed E-state index contributed by atoms with van der Waals surface area (Å²) in [5.41, 5.74) is -0.751. The summed E-state index contributed by atoms with van der Waals surface area (Å²) in [5, 5.41) is 29.9. The van der Waals surface area contributed by atoms with Crippen LogP contribution in [0.25, 0.3) is 0 Å². The number of halogens is 1. The summed E-state index contributed by atoms with van der Waals surface area (Å²) in [7, 11) is 0. The standard InChI is InChI=1S/C10H5FN4O2/c11-8-1-2-10(15(16)17)9(3-8)14-6-7(4-12)5-13/h1-3,6,14H. The maximum atomic E-state index is 12.9. The van der Waals surface area contributed by atoms with Crippen molar-refractivity contribution in [1.82, 2.24) is 0 Å². The van der Waals surface area contributed by atoms with Gasteiger partial charge in [0.05, 0.1) is 4.92 Å². The molecule has 17 heavy (non-hydrogen) atoms. The number of nitro benzene ring substituents is 1. The lowest BCUT2D eigenvalue weighted by molar-refractivity contribution is -0.384. The van der Waals surface area contributed by atoms with E-state index in [1.54, 1.807) is 12.1 Å². The molecular formula is C10H5FN4O2. The van der Waals surface area contributed by atoms with Crippen LogP contribution in [-0.2, 0) is 0 Å². The summed E-state index contributed by atoms with van der Waals surface area (Å²) in [6.07, 6.45) is 0.974. The van der Waals surface area contributed by atoms with Gasteiger partial charge in [-0.3, -0.25) is 10.1 Å². The Balaban J connectivity index is 3.11. The van der Waals surface area contributed by atoms with Gasteiger partial charge in [0, 0.05) is 18.3 Å². The van der Waals surface area contributed by atoms with Crippen LogP contribution in [0.4, 0.5) is 15.8 Å². The van der Waals surface area contributed by atoms with Crippen molar-refractivity contribution in [2.75, 3.05) is 5.32 Å². The Morgan fingerprint density at radius 1 is 1.47 bits per heavy atom. The molecule has 7 heteroatoms. The monoisotopic (exact) mass is 232 g/mol. The van der Waals surface area contributed by atoms with Crippen molar-refractivity contribution < 1.29 is 9.31 Å². The third kappa shape index (κ3) is 3.01. The summed E-state index contributed by atoms with van der Waals surface area (Å²) >= 11 is 0. The topological polar surface area (TPSA) is 103 Å². The second-order valence-corrected chi connectivity index (χ2v) is 2.84. The fraction of sp³-hybridized carbons (Fsp3) is 0. The lowest BCUT2D eigenvalue weighted by Crippen LogP contribution is -1.97. The van der Waals surface area contributed by atoms with E-state index < -0.39 is 10.7 Å². The molecule has 0 aliphatic rings. The normalized spacial score (nSPS) is 8.65. The largest absolute Gasteiger partial charge is 0.354 e. The molecule has 0 amide bonds. The van der Waals surface area contributed by atoms with Crippen LogP contribution in [0.15, 0.2) is 30.0 Å². The van der Waals surface area contributed by atoms with E-state index in [0.29, 0.717) is 0 Å². The molecule has 0 atom stereocenters. The van der Waals surface area contributed by atoms with E-state index in [9.17, 15) is 14.5 Å². The van der Waals surface area contributed by atoms with Crippen LogP contribution in [0.3, 0.4) is 0 Å². The number of nitriles is 2. The van der Waals surface area contributed by atoms with Crippen molar-refractivity contribution in [1.29, 1.82) is 10.5 Å². The molecule has 0 saturated carbocycles. The molecule has 1 N–H and O–H groups in total. The van der Waals surface area contributed by atoms with Crippen LogP contribution >= 0.6 is 0 Å². The van der Waals surface area contributed by atoms with Crippen molar-refractivity contribution in [3.05, 3.63) is 45.9 Å². The molecule has 0 aromatic heterocycles. The number of benzene rings is 1. The van der Waals surface area contributed by atoms with Gasteiger partial charge in [0.15, 0.2) is 0 Å². The number of anilines is 1. The minimum Gasteiger partial charge on any atom is -0.354 e. The predicted octanol–water partition coefficient (Wildman–Crippen LogP) is 2.08. The third-order valence-corrected chi connectivity index (χ3v) is 1.77. The average Bonchev–Trinajstić information content (AvgIpc) is 2.30. The fourth-order valence-electron chi connectivity index (χ4n) is 1.02. The highest BCUT2D eigenvalue weighted by Crippen LogP contribution is 2.24. The summed E-state index contributed by atoms with van der Waals surface area (Å²) in [4.78, 5) is 9.91. The molecular weight excluding hydrogens is 227 g/mol. The molecule has 0 bridgehead atoms. The van der Waals surface area contributed by atoms with Gasteiger partial charge >= 0.3 is 0 Å². The molecule has 0 radical (unpaired) electrons. The number of nitrogens with zero attached hydrogens (tertiary/aromatic N) is 3. The first-order chi connectivity index (χ1) is 8.08. The van der Waals surface area contributed by atoms with Crippen LogP contribution < -0.4 is 5.32 Å². The van der Waals surface area contributed by atoms with Gasteiger partial charge in [-0.2, -0.15) is 10.5 Å².